The molecule has 0 bridgehead atoms. The van der Waals surface area contributed by atoms with Crippen LogP contribution in [0.15, 0.2) is 27.9 Å². The second-order valence-electron chi connectivity index (χ2n) is 8.22. The SMILES string of the molecule is Cc1nn(CCC(F)(F)F)c(C)c1-c1cc(F)nc(O[C@@H]2CCN(C3=C(Cl)C(=O)CN=C3)C2)c1. The summed E-state index contributed by atoms with van der Waals surface area (Å²) >= 11 is 6.13. The molecule has 0 amide bonds. The van der Waals surface area contributed by atoms with Crippen molar-refractivity contribution in [3.05, 3.63) is 40.2 Å². The van der Waals surface area contributed by atoms with Crippen molar-refractivity contribution in [2.24, 2.45) is 4.99 Å². The number of carbonyl (C=O) groups excluding carboxylic acids is 1. The summed E-state index contributed by atoms with van der Waals surface area (Å²) in [6, 6.07) is 2.75. The van der Waals surface area contributed by atoms with Crippen molar-refractivity contribution >= 4 is 23.6 Å². The minimum Gasteiger partial charge on any atom is -0.472 e. The molecule has 4 rings (SSSR count). The predicted molar refractivity (Wildman–Crippen MR) is 117 cm³/mol. The molecule has 2 aliphatic heterocycles. The number of aliphatic imine (C=N–C) groups is 1. The summed E-state index contributed by atoms with van der Waals surface area (Å²) in [4.78, 5) is 21.5. The van der Waals surface area contributed by atoms with Gasteiger partial charge in [-0.15, -0.1) is 0 Å². The summed E-state index contributed by atoms with van der Waals surface area (Å²) in [5.74, 6) is -0.974. The molecule has 0 spiro atoms. The van der Waals surface area contributed by atoms with Gasteiger partial charge in [0.1, 0.15) is 17.7 Å². The molecule has 2 aromatic heterocycles. The van der Waals surface area contributed by atoms with Gasteiger partial charge in [-0.1, -0.05) is 11.6 Å². The van der Waals surface area contributed by atoms with Gasteiger partial charge in [0.25, 0.3) is 0 Å². The molecule has 4 heterocycles. The fourth-order valence-corrected chi connectivity index (χ4v) is 4.39. The Balaban J connectivity index is 1.52. The van der Waals surface area contributed by atoms with Crippen LogP contribution >= 0.6 is 11.6 Å². The van der Waals surface area contributed by atoms with E-state index in [0.717, 1.165) is 0 Å². The summed E-state index contributed by atoms with van der Waals surface area (Å²) in [5.41, 5.74) is 2.46. The Morgan fingerprint density at radius 2 is 2.03 bits per heavy atom. The van der Waals surface area contributed by atoms with E-state index in [4.69, 9.17) is 16.3 Å². The molecule has 1 fully saturated rings. The number of hydrogen-bond acceptors (Lipinski definition) is 6. The third-order valence-corrected chi connectivity index (χ3v) is 6.14. The van der Waals surface area contributed by atoms with Crippen molar-refractivity contribution in [2.45, 2.75) is 45.5 Å². The van der Waals surface area contributed by atoms with Gasteiger partial charge in [-0.3, -0.25) is 14.5 Å². The van der Waals surface area contributed by atoms with Gasteiger partial charge in [-0.2, -0.15) is 27.6 Å². The molecular formula is C22H22ClF4N5O2. The first kappa shape index (κ1) is 24.2. The van der Waals surface area contributed by atoms with E-state index < -0.39 is 18.5 Å². The summed E-state index contributed by atoms with van der Waals surface area (Å²) in [6.45, 7) is 3.98. The minimum atomic E-state index is -4.30. The second-order valence-corrected chi connectivity index (χ2v) is 8.60. The average Bonchev–Trinajstić information content (AvgIpc) is 3.31. The number of dihydropyridines is 1. The Hall–Kier alpha value is -2.95. The van der Waals surface area contributed by atoms with Gasteiger partial charge < -0.3 is 9.64 Å². The number of Topliss-reactive ketones (excluding diaryl/α,β-unsaturated/α-hetero) is 1. The first-order chi connectivity index (χ1) is 16.0. The molecule has 7 nitrogen and oxygen atoms in total. The molecule has 0 unspecified atom stereocenters. The summed E-state index contributed by atoms with van der Waals surface area (Å²) in [6.07, 6.45) is -3.49. The highest BCUT2D eigenvalue weighted by molar-refractivity contribution is 6.44. The number of halogens is 5. The Kier molecular flexibility index (Phi) is 6.66. The molecule has 0 radical (unpaired) electrons. The van der Waals surface area contributed by atoms with Crippen molar-refractivity contribution < 1.29 is 27.1 Å². The van der Waals surface area contributed by atoms with E-state index in [-0.39, 0.29) is 35.9 Å². The molecule has 182 valence electrons. The lowest BCUT2D eigenvalue weighted by Gasteiger charge is -2.22. The third kappa shape index (κ3) is 5.24. The van der Waals surface area contributed by atoms with Crippen molar-refractivity contribution in [2.75, 3.05) is 19.6 Å². The Morgan fingerprint density at radius 3 is 2.76 bits per heavy atom. The Morgan fingerprint density at radius 1 is 1.26 bits per heavy atom. The van der Waals surface area contributed by atoms with E-state index >= 15 is 0 Å². The summed E-state index contributed by atoms with van der Waals surface area (Å²) < 4.78 is 59.5. The van der Waals surface area contributed by atoms with Crippen molar-refractivity contribution in [1.29, 1.82) is 0 Å². The molecule has 0 saturated carbocycles. The van der Waals surface area contributed by atoms with E-state index in [1.807, 2.05) is 4.90 Å². The first-order valence-corrected chi connectivity index (χ1v) is 11.0. The van der Waals surface area contributed by atoms with Crippen LogP contribution in [0.1, 0.15) is 24.2 Å². The van der Waals surface area contributed by atoms with Crippen LogP contribution in [0.5, 0.6) is 5.88 Å². The van der Waals surface area contributed by atoms with E-state index in [2.05, 4.69) is 15.1 Å². The third-order valence-electron chi connectivity index (χ3n) is 5.74. The largest absolute Gasteiger partial charge is 0.472 e. The van der Waals surface area contributed by atoms with E-state index in [1.54, 1.807) is 26.1 Å². The molecule has 2 aromatic rings. The highest BCUT2D eigenvalue weighted by atomic mass is 35.5. The first-order valence-electron chi connectivity index (χ1n) is 10.6. The Labute approximate surface area is 198 Å². The van der Waals surface area contributed by atoms with Gasteiger partial charge in [0.2, 0.25) is 11.8 Å². The average molecular weight is 500 g/mol. The van der Waals surface area contributed by atoms with Crippen LogP contribution in [0.4, 0.5) is 17.6 Å². The van der Waals surface area contributed by atoms with Gasteiger partial charge in [0.05, 0.1) is 24.4 Å². The van der Waals surface area contributed by atoms with Crippen LogP contribution in [0, 0.1) is 19.8 Å². The van der Waals surface area contributed by atoms with Crippen molar-refractivity contribution in [1.82, 2.24) is 19.7 Å². The number of rotatable bonds is 6. The lowest BCUT2D eigenvalue weighted by molar-refractivity contribution is -0.137. The zero-order valence-corrected chi connectivity index (χ0v) is 19.3. The van der Waals surface area contributed by atoms with Crippen LogP contribution in [-0.4, -0.2) is 63.6 Å². The number of ether oxygens (including phenoxy) is 1. The van der Waals surface area contributed by atoms with Gasteiger partial charge in [0.15, 0.2) is 5.78 Å². The minimum absolute atomic E-state index is 0.0255. The van der Waals surface area contributed by atoms with E-state index in [1.165, 1.54) is 10.7 Å². The normalized spacial score (nSPS) is 18.9. The number of carbonyl (C=O) groups is 1. The number of ketones is 1. The molecule has 2 aliphatic rings. The summed E-state index contributed by atoms with van der Waals surface area (Å²) in [5, 5.41) is 4.33. The Bertz CT molecular complexity index is 1170. The number of likely N-dealkylation sites (tertiary alicyclic amines) is 1. The van der Waals surface area contributed by atoms with Crippen LogP contribution < -0.4 is 4.74 Å². The quantitative estimate of drug-likeness (QED) is 0.440. The highest BCUT2D eigenvalue weighted by Crippen LogP contribution is 2.32. The molecule has 0 aliphatic carbocycles. The van der Waals surface area contributed by atoms with Crippen LogP contribution in [0.25, 0.3) is 11.1 Å². The maximum Gasteiger partial charge on any atom is 0.390 e. The van der Waals surface area contributed by atoms with Gasteiger partial charge in [-0.25, -0.2) is 0 Å². The molecular weight excluding hydrogens is 478 g/mol. The standard InChI is InChI=1S/C22H22ClF4N5O2/c1-12-20(13(2)32(30-12)6-4-22(25,26)27)14-7-18(24)29-19(8-14)34-15-3-5-31(11-15)16-9-28-10-17(33)21(16)23/h7-9,15H,3-6,10-11H2,1-2H3/t15-/m1/s1. The van der Waals surface area contributed by atoms with Crippen LogP contribution in [0.3, 0.4) is 0 Å². The zero-order valence-electron chi connectivity index (χ0n) is 18.5. The fraction of sp³-hybridized carbons (Fsp3) is 0.455. The van der Waals surface area contributed by atoms with Gasteiger partial charge in [0, 0.05) is 49.1 Å². The number of pyridine rings is 1. The monoisotopic (exact) mass is 499 g/mol. The highest BCUT2D eigenvalue weighted by Gasteiger charge is 2.30. The molecule has 0 N–H and O–H groups in total. The smallest absolute Gasteiger partial charge is 0.390 e. The van der Waals surface area contributed by atoms with Crippen LogP contribution in [-0.2, 0) is 11.3 Å². The molecule has 34 heavy (non-hydrogen) atoms. The van der Waals surface area contributed by atoms with Gasteiger partial charge >= 0.3 is 6.18 Å². The number of hydrogen-bond donors (Lipinski definition) is 0. The number of allylic oxidation sites excluding steroid dienone is 1. The maximum atomic E-state index is 14.4. The molecule has 12 heteroatoms. The van der Waals surface area contributed by atoms with Gasteiger partial charge in [-0.05, 0) is 19.4 Å². The molecule has 1 saturated heterocycles. The predicted octanol–water partition coefficient (Wildman–Crippen LogP) is 4.21. The number of nitrogens with zero attached hydrogens (tertiary/aromatic N) is 5. The molecule has 0 aromatic carbocycles. The van der Waals surface area contributed by atoms with Crippen LogP contribution in [0.2, 0.25) is 0 Å². The second kappa shape index (κ2) is 9.36. The number of aryl methyl sites for hydroxylation is 2. The lowest BCUT2D eigenvalue weighted by atomic mass is 10.1. The lowest BCUT2D eigenvalue weighted by Crippen LogP contribution is -2.28. The number of alkyl halides is 3. The maximum absolute atomic E-state index is 14.4. The molecule has 1 atom stereocenters. The number of aromatic nitrogens is 3. The topological polar surface area (TPSA) is 72.6 Å². The fourth-order valence-electron chi connectivity index (χ4n) is 4.16. The summed E-state index contributed by atoms with van der Waals surface area (Å²) in [7, 11) is 0. The van der Waals surface area contributed by atoms with Crippen molar-refractivity contribution in [3.63, 3.8) is 0 Å². The van der Waals surface area contributed by atoms with E-state index in [9.17, 15) is 22.4 Å². The van der Waals surface area contributed by atoms with Crippen molar-refractivity contribution in [3.8, 4) is 17.0 Å². The van der Waals surface area contributed by atoms with E-state index in [0.29, 0.717) is 47.7 Å². The zero-order chi connectivity index (χ0) is 24.6.